The van der Waals surface area contributed by atoms with Crippen molar-refractivity contribution in [3.63, 3.8) is 0 Å². The molecular weight excluding hydrogens is 444 g/mol. The Morgan fingerprint density at radius 2 is 1.42 bits per heavy atom. The van der Waals surface area contributed by atoms with Gasteiger partial charge in [0, 0.05) is 28.7 Å². The normalized spacial score (nSPS) is 11.0. The Hall–Kier alpha value is -3.66. The van der Waals surface area contributed by atoms with Crippen LogP contribution in [-0.4, -0.2) is 37.5 Å². The average molecular weight is 471 g/mol. The number of hydrogen-bond acceptors (Lipinski definition) is 7. The number of rotatable bonds is 9. The van der Waals surface area contributed by atoms with Gasteiger partial charge in [-0.3, -0.25) is 4.79 Å². The topological polar surface area (TPSA) is 120 Å². The SMILES string of the molecule is CCOc1cc(OCC)cc(C(=O)Nc2ccc(S(=O)(=O)Nc3nc(C)cc(C)n3)cc2)c1. The minimum atomic E-state index is -3.89. The van der Waals surface area contributed by atoms with Crippen LogP contribution in [0.25, 0.3) is 0 Å². The Kier molecular flexibility index (Phi) is 7.49. The molecule has 3 aromatic rings. The van der Waals surface area contributed by atoms with E-state index in [1.54, 1.807) is 38.1 Å². The van der Waals surface area contributed by atoms with Crippen molar-refractivity contribution in [1.29, 1.82) is 0 Å². The van der Waals surface area contributed by atoms with Crippen molar-refractivity contribution >= 4 is 27.6 Å². The third-order valence-corrected chi connectivity index (χ3v) is 5.74. The van der Waals surface area contributed by atoms with Crippen molar-refractivity contribution in [2.24, 2.45) is 0 Å². The zero-order chi connectivity index (χ0) is 24.0. The highest BCUT2D eigenvalue weighted by molar-refractivity contribution is 7.92. The molecule has 174 valence electrons. The molecule has 1 amide bonds. The van der Waals surface area contributed by atoms with Crippen molar-refractivity contribution in [2.75, 3.05) is 23.3 Å². The second kappa shape index (κ2) is 10.3. The maximum Gasteiger partial charge on any atom is 0.264 e. The fraction of sp³-hybridized carbons (Fsp3) is 0.261. The lowest BCUT2D eigenvalue weighted by Gasteiger charge is -2.12. The van der Waals surface area contributed by atoms with Crippen molar-refractivity contribution in [1.82, 2.24) is 9.97 Å². The van der Waals surface area contributed by atoms with Gasteiger partial charge in [-0.2, -0.15) is 0 Å². The number of carbonyl (C=O) groups is 1. The number of carbonyl (C=O) groups excluding carboxylic acids is 1. The van der Waals surface area contributed by atoms with E-state index < -0.39 is 10.0 Å². The van der Waals surface area contributed by atoms with Gasteiger partial charge in [0.15, 0.2) is 0 Å². The van der Waals surface area contributed by atoms with Crippen LogP contribution in [0.5, 0.6) is 11.5 Å². The molecule has 10 heteroatoms. The van der Waals surface area contributed by atoms with Crippen LogP contribution in [0.1, 0.15) is 35.6 Å². The number of aryl methyl sites for hydroxylation is 2. The molecule has 0 fully saturated rings. The van der Waals surface area contributed by atoms with E-state index in [1.807, 2.05) is 13.8 Å². The molecule has 0 aliphatic carbocycles. The molecule has 9 nitrogen and oxygen atoms in total. The summed E-state index contributed by atoms with van der Waals surface area (Å²) in [6, 6.07) is 12.5. The summed E-state index contributed by atoms with van der Waals surface area (Å²) in [5.41, 5.74) is 2.09. The Morgan fingerprint density at radius 1 is 0.879 bits per heavy atom. The van der Waals surface area contributed by atoms with E-state index in [0.29, 0.717) is 47.4 Å². The summed E-state index contributed by atoms with van der Waals surface area (Å²) in [5.74, 6) is 0.670. The third-order valence-electron chi connectivity index (χ3n) is 4.39. The number of anilines is 2. The smallest absolute Gasteiger partial charge is 0.264 e. The number of ether oxygens (including phenoxy) is 2. The Labute approximate surface area is 193 Å². The molecule has 0 spiro atoms. The van der Waals surface area contributed by atoms with Gasteiger partial charge in [0.1, 0.15) is 11.5 Å². The molecule has 0 aliphatic heterocycles. The fourth-order valence-corrected chi connectivity index (χ4v) is 4.02. The molecule has 0 unspecified atom stereocenters. The molecule has 0 saturated heterocycles. The van der Waals surface area contributed by atoms with Gasteiger partial charge >= 0.3 is 0 Å². The van der Waals surface area contributed by atoms with E-state index in [1.165, 1.54) is 24.3 Å². The van der Waals surface area contributed by atoms with Crippen LogP contribution in [0.4, 0.5) is 11.6 Å². The summed E-state index contributed by atoms with van der Waals surface area (Å²) in [6.45, 7) is 8.12. The van der Waals surface area contributed by atoms with Gasteiger partial charge in [-0.1, -0.05) is 0 Å². The van der Waals surface area contributed by atoms with Gasteiger partial charge in [0.05, 0.1) is 18.1 Å². The largest absolute Gasteiger partial charge is 0.494 e. The van der Waals surface area contributed by atoms with E-state index in [4.69, 9.17) is 9.47 Å². The summed E-state index contributed by atoms with van der Waals surface area (Å²) in [5, 5.41) is 2.75. The van der Waals surface area contributed by atoms with Gasteiger partial charge in [0.25, 0.3) is 15.9 Å². The summed E-state index contributed by atoms with van der Waals surface area (Å²) >= 11 is 0. The monoisotopic (exact) mass is 470 g/mol. The molecular formula is C23H26N4O5S. The summed E-state index contributed by atoms with van der Waals surface area (Å²) in [6.07, 6.45) is 0. The molecule has 33 heavy (non-hydrogen) atoms. The molecule has 0 saturated carbocycles. The first kappa shape index (κ1) is 24.0. The molecule has 0 radical (unpaired) electrons. The van der Waals surface area contributed by atoms with E-state index in [2.05, 4.69) is 20.0 Å². The van der Waals surface area contributed by atoms with Gasteiger partial charge in [0.2, 0.25) is 5.95 Å². The van der Waals surface area contributed by atoms with Crippen LogP contribution in [0.15, 0.2) is 53.4 Å². The van der Waals surface area contributed by atoms with Crippen molar-refractivity contribution in [3.05, 3.63) is 65.5 Å². The van der Waals surface area contributed by atoms with Crippen LogP contribution in [0, 0.1) is 13.8 Å². The number of nitrogens with one attached hydrogen (secondary N) is 2. The molecule has 0 atom stereocenters. The molecule has 2 N–H and O–H groups in total. The maximum atomic E-state index is 12.7. The molecule has 2 aromatic carbocycles. The highest BCUT2D eigenvalue weighted by atomic mass is 32.2. The third kappa shape index (κ3) is 6.42. The number of aromatic nitrogens is 2. The van der Waals surface area contributed by atoms with Crippen LogP contribution < -0.4 is 19.5 Å². The van der Waals surface area contributed by atoms with Gasteiger partial charge in [-0.25, -0.2) is 23.1 Å². The van der Waals surface area contributed by atoms with Gasteiger partial charge in [-0.15, -0.1) is 0 Å². The van der Waals surface area contributed by atoms with Crippen molar-refractivity contribution < 1.29 is 22.7 Å². The number of benzene rings is 2. The van der Waals surface area contributed by atoms with E-state index >= 15 is 0 Å². The molecule has 1 heterocycles. The Bertz CT molecular complexity index is 1200. The first-order chi connectivity index (χ1) is 15.7. The van der Waals surface area contributed by atoms with E-state index in [-0.39, 0.29) is 16.8 Å². The van der Waals surface area contributed by atoms with Crippen LogP contribution >= 0.6 is 0 Å². The van der Waals surface area contributed by atoms with E-state index in [0.717, 1.165) is 0 Å². The second-order valence-corrected chi connectivity index (χ2v) is 8.80. The summed E-state index contributed by atoms with van der Waals surface area (Å²) in [4.78, 5) is 21.0. The number of amides is 1. The average Bonchev–Trinajstić information content (AvgIpc) is 2.73. The summed E-state index contributed by atoms with van der Waals surface area (Å²) < 4.78 is 38.7. The zero-order valence-electron chi connectivity index (χ0n) is 18.9. The molecule has 3 rings (SSSR count). The van der Waals surface area contributed by atoms with Gasteiger partial charge < -0.3 is 14.8 Å². The molecule has 1 aromatic heterocycles. The molecule has 0 aliphatic rings. The highest BCUT2D eigenvalue weighted by Crippen LogP contribution is 2.24. The lowest BCUT2D eigenvalue weighted by molar-refractivity contribution is 0.102. The predicted molar refractivity (Wildman–Crippen MR) is 125 cm³/mol. The standard InChI is InChI=1S/C23H26N4O5S/c1-5-31-19-12-17(13-20(14-19)32-6-2)22(28)26-18-7-9-21(10-8-18)33(29,30)27-23-24-15(3)11-16(4)25-23/h7-14H,5-6H2,1-4H3,(H,26,28)(H,24,25,27). The Balaban J connectivity index is 1.75. The lowest BCUT2D eigenvalue weighted by atomic mass is 10.1. The van der Waals surface area contributed by atoms with Gasteiger partial charge in [-0.05, 0) is 70.2 Å². The molecule has 0 bridgehead atoms. The highest BCUT2D eigenvalue weighted by Gasteiger charge is 2.17. The minimum absolute atomic E-state index is 0.00385. The number of hydrogen-bond donors (Lipinski definition) is 2. The number of nitrogens with zero attached hydrogens (tertiary/aromatic N) is 2. The van der Waals surface area contributed by atoms with Crippen molar-refractivity contribution in [3.8, 4) is 11.5 Å². The first-order valence-electron chi connectivity index (χ1n) is 10.4. The predicted octanol–water partition coefficient (Wildman–Crippen LogP) is 3.94. The second-order valence-electron chi connectivity index (χ2n) is 7.12. The first-order valence-corrected chi connectivity index (χ1v) is 11.9. The zero-order valence-corrected chi connectivity index (χ0v) is 19.7. The van der Waals surface area contributed by atoms with Crippen LogP contribution in [0.2, 0.25) is 0 Å². The lowest BCUT2D eigenvalue weighted by Crippen LogP contribution is -2.16. The van der Waals surface area contributed by atoms with Crippen LogP contribution in [0.3, 0.4) is 0 Å². The minimum Gasteiger partial charge on any atom is -0.494 e. The fourth-order valence-electron chi connectivity index (χ4n) is 3.07. The Morgan fingerprint density at radius 3 is 1.94 bits per heavy atom. The van der Waals surface area contributed by atoms with E-state index in [9.17, 15) is 13.2 Å². The van der Waals surface area contributed by atoms with Crippen LogP contribution in [-0.2, 0) is 10.0 Å². The van der Waals surface area contributed by atoms with Crippen molar-refractivity contribution in [2.45, 2.75) is 32.6 Å². The maximum absolute atomic E-state index is 12.7. The quantitative estimate of drug-likeness (QED) is 0.486. The number of sulfonamides is 1. The summed E-state index contributed by atoms with van der Waals surface area (Å²) in [7, 11) is -3.89.